The zero-order valence-electron chi connectivity index (χ0n) is 9.92. The van der Waals surface area contributed by atoms with E-state index in [1.165, 1.54) is 12.1 Å². The molecule has 1 nitrogen and oxygen atoms in total. The topological polar surface area (TPSA) is 20.2 Å². The van der Waals surface area contributed by atoms with E-state index in [-0.39, 0.29) is 5.56 Å². The zero-order chi connectivity index (χ0) is 14.2. The van der Waals surface area contributed by atoms with E-state index in [1.54, 1.807) is 6.92 Å². The third-order valence-corrected chi connectivity index (χ3v) is 2.70. The van der Waals surface area contributed by atoms with Crippen molar-refractivity contribution in [2.24, 2.45) is 0 Å². The van der Waals surface area contributed by atoms with Crippen LogP contribution in [0.25, 0.3) is 0 Å². The van der Waals surface area contributed by atoms with Gasteiger partial charge < -0.3 is 5.11 Å². The fraction of sp³-hybridized carbons (Fsp3) is 0.143. The maximum absolute atomic E-state index is 13.5. The average Bonchev–Trinajstić information content (AvgIpc) is 2.25. The van der Waals surface area contributed by atoms with Crippen molar-refractivity contribution >= 4 is 0 Å². The van der Waals surface area contributed by atoms with Crippen LogP contribution in [0.4, 0.5) is 17.6 Å². The van der Waals surface area contributed by atoms with Crippen LogP contribution in [0.1, 0.15) is 22.8 Å². The number of hydrogen-bond acceptors (Lipinski definition) is 1. The second kappa shape index (κ2) is 5.01. The highest BCUT2D eigenvalue weighted by molar-refractivity contribution is 5.34. The number of rotatable bonds is 2. The van der Waals surface area contributed by atoms with Gasteiger partial charge in [-0.2, -0.15) is 0 Å². The first kappa shape index (κ1) is 13.5. The third kappa shape index (κ3) is 2.76. The highest BCUT2D eigenvalue weighted by Gasteiger charge is 2.21. The molecular formula is C14H10F4O. The Kier molecular flexibility index (Phi) is 3.57. The van der Waals surface area contributed by atoms with Crippen LogP contribution < -0.4 is 0 Å². The van der Waals surface area contributed by atoms with Gasteiger partial charge in [0.25, 0.3) is 0 Å². The van der Waals surface area contributed by atoms with Gasteiger partial charge in [-0.15, -0.1) is 0 Å². The second-order valence-electron chi connectivity index (χ2n) is 4.25. The Morgan fingerprint density at radius 1 is 0.842 bits per heavy atom. The van der Waals surface area contributed by atoms with Crippen LogP contribution in [0.5, 0.6) is 0 Å². The Balaban J connectivity index is 2.52. The van der Waals surface area contributed by atoms with Crippen molar-refractivity contribution in [2.75, 3.05) is 0 Å². The Morgan fingerprint density at radius 3 is 1.89 bits per heavy atom. The van der Waals surface area contributed by atoms with E-state index in [9.17, 15) is 22.7 Å². The summed E-state index contributed by atoms with van der Waals surface area (Å²) in [6.45, 7) is 1.58. The molecule has 0 saturated heterocycles. The van der Waals surface area contributed by atoms with Crippen molar-refractivity contribution in [2.45, 2.75) is 13.0 Å². The molecule has 0 aliphatic rings. The Labute approximate surface area is 107 Å². The van der Waals surface area contributed by atoms with Gasteiger partial charge in [0.2, 0.25) is 0 Å². The minimum Gasteiger partial charge on any atom is -0.383 e. The highest BCUT2D eigenvalue weighted by Crippen LogP contribution is 2.28. The summed E-state index contributed by atoms with van der Waals surface area (Å²) in [4.78, 5) is 0. The number of aliphatic hydroxyl groups is 1. The second-order valence-corrected chi connectivity index (χ2v) is 4.25. The molecule has 0 aliphatic heterocycles. The van der Waals surface area contributed by atoms with E-state index in [0.29, 0.717) is 17.7 Å². The maximum atomic E-state index is 13.5. The first-order valence-electron chi connectivity index (χ1n) is 5.48. The first-order valence-corrected chi connectivity index (χ1v) is 5.48. The van der Waals surface area contributed by atoms with Crippen LogP contribution >= 0.6 is 0 Å². The van der Waals surface area contributed by atoms with E-state index in [1.807, 2.05) is 0 Å². The lowest BCUT2D eigenvalue weighted by Crippen LogP contribution is -2.07. The van der Waals surface area contributed by atoms with E-state index in [0.717, 1.165) is 6.07 Å². The molecule has 0 amide bonds. The average molecular weight is 270 g/mol. The molecular weight excluding hydrogens is 260 g/mol. The lowest BCUT2D eigenvalue weighted by molar-refractivity contribution is 0.208. The molecule has 0 saturated carbocycles. The van der Waals surface area contributed by atoms with E-state index < -0.39 is 34.9 Å². The van der Waals surface area contributed by atoms with E-state index in [4.69, 9.17) is 0 Å². The summed E-state index contributed by atoms with van der Waals surface area (Å²) in [5.41, 5.74) is -0.203. The van der Waals surface area contributed by atoms with Crippen LogP contribution in [-0.4, -0.2) is 5.11 Å². The fourth-order valence-corrected chi connectivity index (χ4v) is 1.90. The summed E-state index contributed by atoms with van der Waals surface area (Å²) in [5.74, 6) is -4.14. The van der Waals surface area contributed by atoms with Gasteiger partial charge in [-0.3, -0.25) is 0 Å². The van der Waals surface area contributed by atoms with Crippen molar-refractivity contribution in [3.8, 4) is 0 Å². The fourth-order valence-electron chi connectivity index (χ4n) is 1.90. The molecule has 0 radical (unpaired) electrons. The van der Waals surface area contributed by atoms with Gasteiger partial charge in [0, 0.05) is 12.1 Å². The highest BCUT2D eigenvalue weighted by atomic mass is 19.1. The normalized spacial score (nSPS) is 12.5. The van der Waals surface area contributed by atoms with Gasteiger partial charge in [0.1, 0.15) is 29.4 Å². The monoisotopic (exact) mass is 270 g/mol. The number of hydrogen-bond donors (Lipinski definition) is 1. The van der Waals surface area contributed by atoms with Crippen molar-refractivity contribution in [1.82, 2.24) is 0 Å². The van der Waals surface area contributed by atoms with E-state index >= 15 is 0 Å². The third-order valence-electron chi connectivity index (χ3n) is 2.70. The molecule has 2 aromatic rings. The zero-order valence-corrected chi connectivity index (χ0v) is 9.92. The summed E-state index contributed by atoms with van der Waals surface area (Å²) in [6, 6.07) is 4.52. The molecule has 2 aromatic carbocycles. The number of benzene rings is 2. The molecule has 0 fully saturated rings. The first-order chi connectivity index (χ1) is 8.88. The van der Waals surface area contributed by atoms with E-state index in [2.05, 4.69) is 0 Å². The molecule has 2 rings (SSSR count). The van der Waals surface area contributed by atoms with Crippen LogP contribution in [0.3, 0.4) is 0 Å². The number of aliphatic hydroxyl groups excluding tert-OH is 1. The number of aryl methyl sites for hydroxylation is 1. The van der Waals surface area contributed by atoms with Gasteiger partial charge in [-0.25, -0.2) is 17.6 Å². The SMILES string of the molecule is Cc1cc(F)cc(C(O)c2c(F)cc(F)cc2F)c1. The van der Waals surface area contributed by atoms with Crippen molar-refractivity contribution < 1.29 is 22.7 Å². The predicted molar refractivity (Wildman–Crippen MR) is 61.5 cm³/mol. The molecule has 0 heterocycles. The molecule has 19 heavy (non-hydrogen) atoms. The Bertz CT molecular complexity index is 582. The van der Waals surface area contributed by atoms with Crippen LogP contribution in [0.2, 0.25) is 0 Å². The molecule has 100 valence electrons. The summed E-state index contributed by atoms with van der Waals surface area (Å²) in [7, 11) is 0. The number of halogens is 4. The van der Waals surface area contributed by atoms with Crippen molar-refractivity contribution in [3.63, 3.8) is 0 Å². The summed E-state index contributed by atoms with van der Waals surface area (Å²) >= 11 is 0. The largest absolute Gasteiger partial charge is 0.383 e. The molecule has 0 aromatic heterocycles. The maximum Gasteiger partial charge on any atom is 0.135 e. The lowest BCUT2D eigenvalue weighted by atomic mass is 9.99. The summed E-state index contributed by atoms with van der Waals surface area (Å²) in [5, 5.41) is 9.92. The van der Waals surface area contributed by atoms with Crippen molar-refractivity contribution in [3.05, 3.63) is 70.3 Å². The summed E-state index contributed by atoms with van der Waals surface area (Å²) in [6.07, 6.45) is -1.70. The van der Waals surface area contributed by atoms with Gasteiger partial charge >= 0.3 is 0 Å². The minimum atomic E-state index is -1.70. The van der Waals surface area contributed by atoms with Gasteiger partial charge in [-0.1, -0.05) is 6.07 Å². The van der Waals surface area contributed by atoms with Gasteiger partial charge in [0.05, 0.1) is 5.56 Å². The minimum absolute atomic E-state index is 0.00177. The van der Waals surface area contributed by atoms with Crippen LogP contribution in [0.15, 0.2) is 30.3 Å². The predicted octanol–water partition coefficient (Wildman–Crippen LogP) is 3.63. The molecule has 0 bridgehead atoms. The Morgan fingerprint density at radius 2 is 1.37 bits per heavy atom. The van der Waals surface area contributed by atoms with Gasteiger partial charge in [-0.05, 0) is 30.2 Å². The van der Waals surface area contributed by atoms with Crippen LogP contribution in [-0.2, 0) is 0 Å². The molecule has 1 N–H and O–H groups in total. The summed E-state index contributed by atoms with van der Waals surface area (Å²) < 4.78 is 53.0. The quantitative estimate of drug-likeness (QED) is 0.826. The standard InChI is InChI=1S/C14H10F4O/c1-7-2-8(4-9(15)3-7)14(19)13-11(17)5-10(16)6-12(13)18/h2-6,14,19H,1H3. The molecule has 0 spiro atoms. The molecule has 1 atom stereocenters. The smallest absolute Gasteiger partial charge is 0.135 e. The van der Waals surface area contributed by atoms with Crippen LogP contribution in [0, 0.1) is 30.2 Å². The lowest BCUT2D eigenvalue weighted by Gasteiger charge is -2.14. The molecule has 0 aliphatic carbocycles. The molecule has 1 unspecified atom stereocenters. The van der Waals surface area contributed by atoms with Crippen molar-refractivity contribution in [1.29, 1.82) is 0 Å². The van der Waals surface area contributed by atoms with Gasteiger partial charge in [0.15, 0.2) is 0 Å². The molecule has 5 heteroatoms. The Hall–Kier alpha value is -1.88.